The monoisotopic (exact) mass is 292 g/mol. The van der Waals surface area contributed by atoms with E-state index >= 15 is 0 Å². The molecule has 1 saturated carbocycles. The summed E-state index contributed by atoms with van der Waals surface area (Å²) in [5, 5.41) is 39.7. The number of hydrogen-bond acceptors (Lipinski definition) is 6. The Kier molecular flexibility index (Phi) is 2.70. The zero-order chi connectivity index (χ0) is 15.4. The zero-order valence-corrected chi connectivity index (χ0v) is 10.7. The number of carbonyl (C=O) groups excluding carboxylic acids is 1. The van der Waals surface area contributed by atoms with Gasteiger partial charge in [0.25, 0.3) is 5.60 Å². The van der Waals surface area contributed by atoms with Crippen LogP contribution in [-0.4, -0.2) is 43.9 Å². The Morgan fingerprint density at radius 3 is 2.71 bits per heavy atom. The molecule has 0 aromatic heterocycles. The normalized spacial score (nSPS) is 27.7. The van der Waals surface area contributed by atoms with Gasteiger partial charge in [-0.05, 0) is 18.6 Å². The minimum atomic E-state index is -2.35. The number of hydrogen-bond donors (Lipinski definition) is 4. The maximum atomic E-state index is 12.1. The number of fused-ring (bicyclic) bond motifs is 2. The van der Waals surface area contributed by atoms with Gasteiger partial charge < -0.3 is 25.2 Å². The topological polar surface area (TPSA) is 124 Å². The van der Waals surface area contributed by atoms with Crippen molar-refractivity contribution in [2.45, 2.75) is 24.5 Å². The quantitative estimate of drug-likeness (QED) is 0.597. The molecule has 0 saturated heterocycles. The van der Waals surface area contributed by atoms with Crippen molar-refractivity contribution in [1.82, 2.24) is 0 Å². The van der Waals surface area contributed by atoms with Crippen molar-refractivity contribution in [2.24, 2.45) is 0 Å². The lowest BCUT2D eigenvalue weighted by atomic mass is 9.74. The number of phenols is 1. The van der Waals surface area contributed by atoms with Crippen molar-refractivity contribution in [3.63, 3.8) is 0 Å². The van der Waals surface area contributed by atoms with Crippen LogP contribution in [0.15, 0.2) is 23.8 Å². The van der Waals surface area contributed by atoms with Gasteiger partial charge in [-0.15, -0.1) is 0 Å². The molecule has 1 aliphatic heterocycles. The first-order valence-corrected chi connectivity index (χ1v) is 6.29. The largest absolute Gasteiger partial charge is 0.507 e. The summed E-state index contributed by atoms with van der Waals surface area (Å²) in [4.78, 5) is 23.7. The Labute approximate surface area is 118 Å². The molecule has 2 aliphatic rings. The lowest BCUT2D eigenvalue weighted by Gasteiger charge is -2.42. The van der Waals surface area contributed by atoms with Crippen molar-refractivity contribution < 1.29 is 34.8 Å². The number of carboxylic acid groups (broad SMARTS) is 1. The fourth-order valence-electron chi connectivity index (χ4n) is 2.83. The van der Waals surface area contributed by atoms with E-state index in [1.54, 1.807) is 0 Å². The van der Waals surface area contributed by atoms with E-state index in [-0.39, 0.29) is 29.9 Å². The van der Waals surface area contributed by atoms with Crippen LogP contribution in [0.3, 0.4) is 0 Å². The standard InChI is InChI=1S/C14H12O7/c15-6-2-1-3-8-10(6)12(18)11-7(16)4-5-9(17)14(11,21-8)13(19)20/h1-3,9,15,17-18H,4-5H2,(H,19,20)/t9-,14+/m1/s1. The number of Topliss-reactive ketones (excluding diaryl/α,β-unsaturated/α-hetero) is 1. The highest BCUT2D eigenvalue weighted by Gasteiger charge is 2.60. The second-order valence-electron chi connectivity index (χ2n) is 4.99. The van der Waals surface area contributed by atoms with Crippen LogP contribution in [-0.2, 0) is 9.59 Å². The molecule has 2 atom stereocenters. The molecule has 0 unspecified atom stereocenters. The summed E-state index contributed by atoms with van der Waals surface area (Å²) >= 11 is 0. The molecule has 7 heteroatoms. The molecule has 7 nitrogen and oxygen atoms in total. The molecule has 1 aromatic rings. The summed E-state index contributed by atoms with van der Waals surface area (Å²) in [6.45, 7) is 0. The van der Waals surface area contributed by atoms with Crippen LogP contribution >= 0.6 is 0 Å². The highest BCUT2D eigenvalue weighted by atomic mass is 16.5. The number of benzene rings is 1. The SMILES string of the molecule is O=C1CC[C@@H](O)[C@]2(C(=O)O)Oc3cccc(O)c3C(O)=C12. The number of rotatable bonds is 1. The van der Waals surface area contributed by atoms with Crippen LogP contribution in [0.4, 0.5) is 0 Å². The van der Waals surface area contributed by atoms with Gasteiger partial charge in [0.15, 0.2) is 5.78 Å². The van der Waals surface area contributed by atoms with E-state index < -0.39 is 34.8 Å². The molecule has 1 fully saturated rings. The molecule has 110 valence electrons. The molecule has 0 bridgehead atoms. The third-order valence-electron chi connectivity index (χ3n) is 3.83. The van der Waals surface area contributed by atoms with Gasteiger partial charge in [-0.2, -0.15) is 0 Å². The van der Waals surface area contributed by atoms with Crippen LogP contribution in [0.5, 0.6) is 11.5 Å². The van der Waals surface area contributed by atoms with Crippen LogP contribution in [0, 0.1) is 0 Å². The second kappa shape index (κ2) is 4.23. The highest BCUT2D eigenvalue weighted by molar-refractivity contribution is 6.11. The van der Waals surface area contributed by atoms with Crippen molar-refractivity contribution >= 4 is 17.5 Å². The summed E-state index contributed by atoms with van der Waals surface area (Å²) < 4.78 is 5.37. The van der Waals surface area contributed by atoms with Gasteiger partial charge in [-0.1, -0.05) is 6.07 Å². The molecule has 0 radical (unpaired) electrons. The molecule has 3 rings (SSSR count). The molecule has 1 aliphatic carbocycles. The van der Waals surface area contributed by atoms with Crippen LogP contribution in [0.25, 0.3) is 5.76 Å². The number of phenolic OH excluding ortho intramolecular Hbond substituents is 1. The number of aliphatic hydroxyl groups is 2. The smallest absolute Gasteiger partial charge is 0.355 e. The average molecular weight is 292 g/mol. The fourth-order valence-corrected chi connectivity index (χ4v) is 2.83. The summed E-state index contributed by atoms with van der Waals surface area (Å²) in [6, 6.07) is 4.02. The van der Waals surface area contributed by atoms with Crippen LogP contribution in [0.2, 0.25) is 0 Å². The Morgan fingerprint density at radius 1 is 1.33 bits per heavy atom. The third-order valence-corrected chi connectivity index (χ3v) is 3.83. The number of aliphatic hydroxyl groups excluding tert-OH is 2. The lowest BCUT2D eigenvalue weighted by Crippen LogP contribution is -2.61. The van der Waals surface area contributed by atoms with E-state index in [2.05, 4.69) is 0 Å². The predicted molar refractivity (Wildman–Crippen MR) is 68.9 cm³/mol. The Hall–Kier alpha value is -2.54. The van der Waals surface area contributed by atoms with E-state index in [1.165, 1.54) is 18.2 Å². The number of carbonyl (C=O) groups is 2. The van der Waals surface area contributed by atoms with Gasteiger partial charge in [-0.3, -0.25) is 4.79 Å². The Morgan fingerprint density at radius 2 is 2.05 bits per heavy atom. The summed E-state index contributed by atoms with van der Waals surface area (Å²) in [6.07, 6.45) is -1.68. The number of aliphatic carboxylic acids is 1. The first-order valence-electron chi connectivity index (χ1n) is 6.29. The van der Waals surface area contributed by atoms with Crippen LogP contribution < -0.4 is 4.74 Å². The van der Waals surface area contributed by atoms with Gasteiger partial charge >= 0.3 is 5.97 Å². The third kappa shape index (κ3) is 1.58. The van der Waals surface area contributed by atoms with Crippen LogP contribution in [0.1, 0.15) is 18.4 Å². The van der Waals surface area contributed by atoms with Crippen molar-refractivity contribution in [3.05, 3.63) is 29.3 Å². The van der Waals surface area contributed by atoms with Gasteiger partial charge in [-0.25, -0.2) is 4.79 Å². The maximum Gasteiger partial charge on any atom is 0.355 e. The summed E-state index contributed by atoms with van der Waals surface area (Å²) in [5.41, 5.74) is -3.02. The fraction of sp³-hybridized carbons (Fsp3) is 0.286. The van der Waals surface area contributed by atoms with Gasteiger partial charge in [0, 0.05) is 6.42 Å². The molecule has 21 heavy (non-hydrogen) atoms. The maximum absolute atomic E-state index is 12.1. The van der Waals surface area contributed by atoms with E-state index in [1.807, 2.05) is 0 Å². The summed E-state index contributed by atoms with van der Waals surface area (Å²) in [5.74, 6) is -3.31. The molecule has 1 aromatic carbocycles. The predicted octanol–water partition coefficient (Wildman–Crippen LogP) is 0.601. The number of ether oxygens (including phenoxy) is 1. The zero-order valence-electron chi connectivity index (χ0n) is 10.7. The Bertz CT molecular complexity index is 691. The van der Waals surface area contributed by atoms with Crippen molar-refractivity contribution in [1.29, 1.82) is 0 Å². The van der Waals surface area contributed by atoms with E-state index in [0.717, 1.165) is 0 Å². The number of carboxylic acids is 1. The number of ketones is 1. The number of aromatic hydroxyl groups is 1. The minimum absolute atomic E-state index is 0.0872. The van der Waals surface area contributed by atoms with Gasteiger partial charge in [0.05, 0.1) is 5.57 Å². The molecular formula is C14H12O7. The lowest BCUT2D eigenvalue weighted by molar-refractivity contribution is -0.166. The van der Waals surface area contributed by atoms with Crippen molar-refractivity contribution in [2.75, 3.05) is 0 Å². The van der Waals surface area contributed by atoms with E-state index in [0.29, 0.717) is 0 Å². The first kappa shape index (κ1) is 13.4. The molecule has 0 amide bonds. The van der Waals surface area contributed by atoms with Crippen molar-refractivity contribution in [3.8, 4) is 11.5 Å². The van der Waals surface area contributed by atoms with Gasteiger partial charge in [0.2, 0.25) is 0 Å². The molecule has 1 heterocycles. The second-order valence-corrected chi connectivity index (χ2v) is 4.99. The minimum Gasteiger partial charge on any atom is -0.507 e. The van der Waals surface area contributed by atoms with E-state index in [4.69, 9.17) is 4.74 Å². The molecule has 0 spiro atoms. The Balaban J connectivity index is 2.36. The van der Waals surface area contributed by atoms with E-state index in [9.17, 15) is 30.0 Å². The molecule has 4 N–H and O–H groups in total. The summed E-state index contributed by atoms with van der Waals surface area (Å²) in [7, 11) is 0. The highest BCUT2D eigenvalue weighted by Crippen LogP contribution is 2.48. The molecular weight excluding hydrogens is 280 g/mol. The first-order chi connectivity index (χ1) is 9.89. The van der Waals surface area contributed by atoms with Gasteiger partial charge in [0.1, 0.15) is 28.9 Å². The average Bonchev–Trinajstić information content (AvgIpc) is 2.42.